The Balaban J connectivity index is 1.96. The molecule has 1 aliphatic heterocycles. The number of amides is 2. The summed E-state index contributed by atoms with van der Waals surface area (Å²) in [7, 11) is 0. The smallest absolute Gasteiger partial charge is 0.321 e. The summed E-state index contributed by atoms with van der Waals surface area (Å²) < 4.78 is 12.4. The van der Waals surface area contributed by atoms with Crippen LogP contribution in [0.4, 0.5) is 14.9 Å². The van der Waals surface area contributed by atoms with Crippen molar-refractivity contribution in [2.75, 3.05) is 25.1 Å². The third-order valence-corrected chi connectivity index (χ3v) is 3.24. The molecule has 0 aromatic heterocycles. The number of alkyl halides is 1. The van der Waals surface area contributed by atoms with Crippen LogP contribution in [0.1, 0.15) is 6.42 Å². The lowest BCUT2D eigenvalue weighted by atomic mass is 10.1. The Hall–Kier alpha value is -1.29. The highest BCUT2D eigenvalue weighted by Crippen LogP contribution is 2.22. The predicted molar refractivity (Wildman–Crippen MR) is 66.1 cm³/mol. The first-order chi connectivity index (χ1) is 8.20. The van der Waals surface area contributed by atoms with Crippen molar-refractivity contribution in [1.29, 1.82) is 0 Å². The third-order valence-electron chi connectivity index (χ3n) is 2.91. The van der Waals surface area contributed by atoms with Crippen molar-refractivity contribution < 1.29 is 9.18 Å². The quantitative estimate of drug-likeness (QED) is 0.866. The number of para-hydroxylation sites is 1. The van der Waals surface area contributed by atoms with Crippen LogP contribution in [0.15, 0.2) is 24.3 Å². The van der Waals surface area contributed by atoms with Gasteiger partial charge in [-0.25, -0.2) is 4.79 Å². The molecule has 1 unspecified atom stereocenters. The Morgan fingerprint density at radius 2 is 2.29 bits per heavy atom. The van der Waals surface area contributed by atoms with E-state index in [0.717, 1.165) is 6.42 Å². The highest BCUT2D eigenvalue weighted by molar-refractivity contribution is 6.33. The van der Waals surface area contributed by atoms with Gasteiger partial charge in [-0.2, -0.15) is 0 Å². The number of urea groups is 1. The molecule has 5 heteroatoms. The van der Waals surface area contributed by atoms with Gasteiger partial charge in [-0.3, -0.25) is 4.39 Å². The molecule has 1 heterocycles. The fourth-order valence-electron chi connectivity index (χ4n) is 1.90. The number of hydrogen-bond acceptors (Lipinski definition) is 1. The molecule has 0 radical (unpaired) electrons. The van der Waals surface area contributed by atoms with Crippen molar-refractivity contribution in [2.45, 2.75) is 6.42 Å². The van der Waals surface area contributed by atoms with E-state index in [1.165, 1.54) is 0 Å². The summed E-state index contributed by atoms with van der Waals surface area (Å²) in [6.07, 6.45) is 0.729. The van der Waals surface area contributed by atoms with Crippen molar-refractivity contribution in [2.24, 2.45) is 5.92 Å². The largest absolute Gasteiger partial charge is 0.324 e. The number of nitrogens with zero attached hydrogens (tertiary/aromatic N) is 1. The highest BCUT2D eigenvalue weighted by Gasteiger charge is 2.26. The van der Waals surface area contributed by atoms with Crippen LogP contribution >= 0.6 is 11.6 Å². The van der Waals surface area contributed by atoms with Crippen LogP contribution in [0.5, 0.6) is 0 Å². The van der Waals surface area contributed by atoms with E-state index in [4.69, 9.17) is 11.6 Å². The van der Waals surface area contributed by atoms with Gasteiger partial charge in [0.05, 0.1) is 17.4 Å². The number of carbonyl (C=O) groups is 1. The van der Waals surface area contributed by atoms with Crippen LogP contribution in [-0.2, 0) is 0 Å². The fourth-order valence-corrected chi connectivity index (χ4v) is 2.08. The Morgan fingerprint density at radius 1 is 1.53 bits per heavy atom. The van der Waals surface area contributed by atoms with Crippen LogP contribution in [0.3, 0.4) is 0 Å². The molecule has 2 amide bonds. The molecule has 1 N–H and O–H groups in total. The molecule has 1 aromatic rings. The van der Waals surface area contributed by atoms with Gasteiger partial charge in [-0.05, 0) is 18.6 Å². The fraction of sp³-hybridized carbons (Fsp3) is 0.417. The molecule has 0 spiro atoms. The number of nitrogens with one attached hydrogen (secondary N) is 1. The second kappa shape index (κ2) is 5.36. The SMILES string of the molecule is O=C(Nc1ccccc1Cl)N1CCC(CF)C1. The Labute approximate surface area is 105 Å². The van der Waals surface area contributed by atoms with Gasteiger partial charge in [0.2, 0.25) is 0 Å². The van der Waals surface area contributed by atoms with Gasteiger partial charge in [0.1, 0.15) is 0 Å². The molecule has 3 nitrogen and oxygen atoms in total. The molecule has 0 saturated carbocycles. The number of halogens is 2. The molecule has 1 fully saturated rings. The lowest BCUT2D eigenvalue weighted by molar-refractivity contribution is 0.219. The zero-order valence-corrected chi connectivity index (χ0v) is 10.1. The second-order valence-corrected chi connectivity index (χ2v) is 4.57. The third kappa shape index (κ3) is 2.88. The van der Waals surface area contributed by atoms with Gasteiger partial charge in [-0.1, -0.05) is 23.7 Å². The topological polar surface area (TPSA) is 32.3 Å². The van der Waals surface area contributed by atoms with Crippen molar-refractivity contribution in [3.05, 3.63) is 29.3 Å². The molecular weight excluding hydrogens is 243 g/mol. The van der Waals surface area contributed by atoms with Crippen molar-refractivity contribution in [3.63, 3.8) is 0 Å². The summed E-state index contributed by atoms with van der Waals surface area (Å²) in [5.41, 5.74) is 0.586. The average Bonchev–Trinajstić information content (AvgIpc) is 2.81. The maximum Gasteiger partial charge on any atom is 0.321 e. The van der Waals surface area contributed by atoms with Crippen LogP contribution in [-0.4, -0.2) is 30.7 Å². The summed E-state index contributed by atoms with van der Waals surface area (Å²) in [4.78, 5) is 13.5. The predicted octanol–water partition coefficient (Wildman–Crippen LogP) is 3.16. The van der Waals surface area contributed by atoms with E-state index < -0.39 is 0 Å². The Bertz CT molecular complexity index is 413. The second-order valence-electron chi connectivity index (χ2n) is 4.17. The first kappa shape index (κ1) is 12.2. The summed E-state index contributed by atoms with van der Waals surface area (Å²) in [6.45, 7) is 0.716. The van der Waals surface area contributed by atoms with Gasteiger partial charge in [0.15, 0.2) is 0 Å². The van der Waals surface area contributed by atoms with E-state index in [-0.39, 0.29) is 18.6 Å². The number of carbonyl (C=O) groups excluding carboxylic acids is 1. The maximum atomic E-state index is 12.4. The Morgan fingerprint density at radius 3 is 2.94 bits per heavy atom. The summed E-state index contributed by atoms with van der Waals surface area (Å²) in [5, 5.41) is 3.23. The van der Waals surface area contributed by atoms with Crippen LogP contribution in [0, 0.1) is 5.92 Å². The highest BCUT2D eigenvalue weighted by atomic mass is 35.5. The summed E-state index contributed by atoms with van der Waals surface area (Å²) >= 11 is 5.94. The van der Waals surface area contributed by atoms with E-state index in [1.54, 1.807) is 29.2 Å². The summed E-state index contributed by atoms with van der Waals surface area (Å²) in [6, 6.07) is 6.84. The minimum atomic E-state index is -0.365. The lowest BCUT2D eigenvalue weighted by Crippen LogP contribution is -2.33. The van der Waals surface area contributed by atoms with Crippen LogP contribution in [0.25, 0.3) is 0 Å². The minimum absolute atomic E-state index is 0.0213. The Kier molecular flexibility index (Phi) is 3.84. The molecule has 0 aliphatic carbocycles. The molecule has 92 valence electrons. The van der Waals surface area contributed by atoms with E-state index in [1.807, 2.05) is 0 Å². The van der Waals surface area contributed by atoms with Crippen molar-refractivity contribution in [3.8, 4) is 0 Å². The zero-order chi connectivity index (χ0) is 12.3. The van der Waals surface area contributed by atoms with Crippen molar-refractivity contribution in [1.82, 2.24) is 4.90 Å². The standard InChI is InChI=1S/C12H14ClFN2O/c13-10-3-1-2-4-11(10)15-12(17)16-6-5-9(7-14)8-16/h1-4,9H,5-8H2,(H,15,17). The maximum absolute atomic E-state index is 12.4. The molecule has 1 aliphatic rings. The van der Waals surface area contributed by atoms with Crippen molar-refractivity contribution >= 4 is 23.3 Å². The van der Waals surface area contributed by atoms with E-state index in [9.17, 15) is 9.18 Å². The average molecular weight is 257 g/mol. The molecule has 1 saturated heterocycles. The van der Waals surface area contributed by atoms with Crippen LogP contribution in [0.2, 0.25) is 5.02 Å². The molecular formula is C12H14ClFN2O. The van der Waals surface area contributed by atoms with Gasteiger partial charge in [0.25, 0.3) is 0 Å². The molecule has 2 rings (SSSR count). The number of benzene rings is 1. The van der Waals surface area contributed by atoms with Crippen LogP contribution < -0.4 is 5.32 Å². The van der Waals surface area contributed by atoms with E-state index in [0.29, 0.717) is 23.8 Å². The van der Waals surface area contributed by atoms with Gasteiger partial charge >= 0.3 is 6.03 Å². The monoisotopic (exact) mass is 256 g/mol. The van der Waals surface area contributed by atoms with Gasteiger partial charge in [-0.15, -0.1) is 0 Å². The lowest BCUT2D eigenvalue weighted by Gasteiger charge is -2.17. The van der Waals surface area contributed by atoms with Gasteiger partial charge < -0.3 is 10.2 Å². The summed E-state index contributed by atoms with van der Waals surface area (Å²) in [5.74, 6) is -0.0213. The number of anilines is 1. The van der Waals surface area contributed by atoms with E-state index in [2.05, 4.69) is 5.32 Å². The molecule has 1 aromatic carbocycles. The zero-order valence-electron chi connectivity index (χ0n) is 9.33. The first-order valence-electron chi connectivity index (χ1n) is 5.57. The minimum Gasteiger partial charge on any atom is -0.324 e. The van der Waals surface area contributed by atoms with E-state index >= 15 is 0 Å². The first-order valence-corrected chi connectivity index (χ1v) is 5.95. The molecule has 0 bridgehead atoms. The normalized spacial score (nSPS) is 19.4. The number of rotatable bonds is 2. The number of hydrogen-bond donors (Lipinski definition) is 1. The molecule has 17 heavy (non-hydrogen) atoms. The number of likely N-dealkylation sites (tertiary alicyclic amines) is 1. The van der Waals surface area contributed by atoms with Gasteiger partial charge in [0, 0.05) is 19.0 Å². The molecule has 1 atom stereocenters.